The van der Waals surface area contributed by atoms with Crippen LogP contribution in [0.25, 0.3) is 0 Å². The lowest BCUT2D eigenvalue weighted by Crippen LogP contribution is -2.36. The Morgan fingerprint density at radius 2 is 2.24 bits per heavy atom. The SMILES string of the molecule is CCCn1nnnc1CN(Cc1nccc(N)n1)C1CCCNCC1. The summed E-state index contributed by atoms with van der Waals surface area (Å²) in [5.74, 6) is 2.14. The highest BCUT2D eigenvalue weighted by Gasteiger charge is 2.23. The highest BCUT2D eigenvalue weighted by atomic mass is 15.5. The number of nitrogens with two attached hydrogens (primary N) is 1. The van der Waals surface area contributed by atoms with Crippen LogP contribution in [0.2, 0.25) is 0 Å². The van der Waals surface area contributed by atoms with Gasteiger partial charge in [0.05, 0.1) is 13.1 Å². The molecule has 3 N–H and O–H groups in total. The van der Waals surface area contributed by atoms with Crippen molar-refractivity contribution in [1.82, 2.24) is 40.4 Å². The van der Waals surface area contributed by atoms with Crippen LogP contribution in [0.5, 0.6) is 0 Å². The van der Waals surface area contributed by atoms with Crippen LogP contribution in [0.1, 0.15) is 44.3 Å². The Balaban J connectivity index is 1.78. The first-order chi connectivity index (χ1) is 12.3. The van der Waals surface area contributed by atoms with Gasteiger partial charge in [0.15, 0.2) is 5.82 Å². The van der Waals surface area contributed by atoms with E-state index in [-0.39, 0.29) is 0 Å². The second-order valence-corrected chi connectivity index (χ2v) is 6.46. The first-order valence-corrected chi connectivity index (χ1v) is 9.03. The van der Waals surface area contributed by atoms with Crippen molar-refractivity contribution < 1.29 is 0 Å². The Labute approximate surface area is 148 Å². The van der Waals surface area contributed by atoms with Crippen molar-refractivity contribution in [1.29, 1.82) is 0 Å². The maximum absolute atomic E-state index is 5.82. The highest BCUT2D eigenvalue weighted by Crippen LogP contribution is 2.18. The van der Waals surface area contributed by atoms with Gasteiger partial charge in [0.2, 0.25) is 0 Å². The minimum Gasteiger partial charge on any atom is -0.384 e. The van der Waals surface area contributed by atoms with E-state index in [1.165, 1.54) is 6.42 Å². The molecule has 0 aliphatic carbocycles. The average Bonchev–Trinajstić information content (AvgIpc) is 2.86. The van der Waals surface area contributed by atoms with Crippen molar-refractivity contribution in [2.24, 2.45) is 0 Å². The van der Waals surface area contributed by atoms with Gasteiger partial charge in [-0.2, -0.15) is 0 Å². The van der Waals surface area contributed by atoms with Gasteiger partial charge in [-0.05, 0) is 55.3 Å². The summed E-state index contributed by atoms with van der Waals surface area (Å²) in [5.41, 5.74) is 5.82. The number of nitrogens with one attached hydrogen (secondary N) is 1. The molecular weight excluding hydrogens is 318 g/mol. The summed E-state index contributed by atoms with van der Waals surface area (Å²) in [6.45, 7) is 6.40. The van der Waals surface area contributed by atoms with Gasteiger partial charge in [-0.1, -0.05) is 6.92 Å². The summed E-state index contributed by atoms with van der Waals surface area (Å²) in [4.78, 5) is 11.1. The van der Waals surface area contributed by atoms with E-state index < -0.39 is 0 Å². The Hall–Kier alpha value is -2.13. The zero-order valence-corrected chi connectivity index (χ0v) is 14.8. The van der Waals surface area contributed by atoms with Crippen molar-refractivity contribution in [2.45, 2.75) is 58.3 Å². The molecule has 1 aliphatic heterocycles. The molecular formula is C16H27N9. The van der Waals surface area contributed by atoms with Crippen molar-refractivity contribution in [3.05, 3.63) is 23.9 Å². The highest BCUT2D eigenvalue weighted by molar-refractivity contribution is 5.25. The molecule has 1 aliphatic rings. The van der Waals surface area contributed by atoms with Gasteiger partial charge in [0, 0.05) is 18.8 Å². The van der Waals surface area contributed by atoms with E-state index in [4.69, 9.17) is 5.73 Å². The van der Waals surface area contributed by atoms with E-state index in [2.05, 4.69) is 42.6 Å². The molecule has 1 atom stereocenters. The van der Waals surface area contributed by atoms with Crippen LogP contribution >= 0.6 is 0 Å². The third-order valence-electron chi connectivity index (χ3n) is 4.52. The third kappa shape index (κ3) is 4.93. The fraction of sp³-hybridized carbons (Fsp3) is 0.688. The predicted molar refractivity (Wildman–Crippen MR) is 94.3 cm³/mol. The number of nitrogens with zero attached hydrogens (tertiary/aromatic N) is 7. The summed E-state index contributed by atoms with van der Waals surface area (Å²) in [7, 11) is 0. The Morgan fingerprint density at radius 3 is 3.08 bits per heavy atom. The number of nitrogen functional groups attached to an aromatic ring is 1. The molecule has 0 aromatic carbocycles. The van der Waals surface area contributed by atoms with Crippen molar-refractivity contribution in [3.63, 3.8) is 0 Å². The molecule has 9 heteroatoms. The van der Waals surface area contributed by atoms with E-state index in [0.29, 0.717) is 24.9 Å². The average molecular weight is 345 g/mol. The molecule has 0 amide bonds. The number of hydrogen-bond donors (Lipinski definition) is 2. The quantitative estimate of drug-likeness (QED) is 0.750. The lowest BCUT2D eigenvalue weighted by molar-refractivity contribution is 0.153. The first kappa shape index (κ1) is 17.7. The largest absolute Gasteiger partial charge is 0.384 e. The normalized spacial score (nSPS) is 18.4. The van der Waals surface area contributed by atoms with Crippen LogP contribution in [0.4, 0.5) is 5.82 Å². The predicted octanol–water partition coefficient (Wildman–Crippen LogP) is 0.600. The maximum Gasteiger partial charge on any atom is 0.165 e. The first-order valence-electron chi connectivity index (χ1n) is 9.03. The second kappa shape index (κ2) is 8.82. The molecule has 25 heavy (non-hydrogen) atoms. The fourth-order valence-electron chi connectivity index (χ4n) is 3.26. The third-order valence-corrected chi connectivity index (χ3v) is 4.52. The molecule has 1 unspecified atom stereocenters. The summed E-state index contributed by atoms with van der Waals surface area (Å²) < 4.78 is 1.89. The lowest BCUT2D eigenvalue weighted by Gasteiger charge is -2.29. The second-order valence-electron chi connectivity index (χ2n) is 6.46. The Kier molecular flexibility index (Phi) is 6.24. The zero-order valence-electron chi connectivity index (χ0n) is 14.8. The van der Waals surface area contributed by atoms with E-state index in [1.54, 1.807) is 12.3 Å². The van der Waals surface area contributed by atoms with Crippen LogP contribution < -0.4 is 11.1 Å². The summed E-state index contributed by atoms with van der Waals surface area (Å²) in [6.07, 6.45) is 6.12. The molecule has 9 nitrogen and oxygen atoms in total. The van der Waals surface area contributed by atoms with E-state index in [9.17, 15) is 0 Å². The van der Waals surface area contributed by atoms with Gasteiger partial charge in [0.25, 0.3) is 0 Å². The summed E-state index contributed by atoms with van der Waals surface area (Å²) in [6, 6.07) is 2.16. The number of aromatic nitrogens is 6. The summed E-state index contributed by atoms with van der Waals surface area (Å²) >= 11 is 0. The van der Waals surface area contributed by atoms with Gasteiger partial charge >= 0.3 is 0 Å². The lowest BCUT2D eigenvalue weighted by atomic mass is 10.1. The van der Waals surface area contributed by atoms with Crippen LogP contribution in [0.3, 0.4) is 0 Å². The number of aryl methyl sites for hydroxylation is 1. The monoisotopic (exact) mass is 345 g/mol. The van der Waals surface area contributed by atoms with Crippen molar-refractivity contribution in [3.8, 4) is 0 Å². The fourth-order valence-corrected chi connectivity index (χ4v) is 3.26. The molecule has 2 aromatic heterocycles. The number of rotatable bonds is 7. The van der Waals surface area contributed by atoms with E-state index in [0.717, 1.165) is 50.5 Å². The molecule has 0 radical (unpaired) electrons. The number of anilines is 1. The molecule has 0 bridgehead atoms. The minimum atomic E-state index is 0.451. The Bertz CT molecular complexity index is 649. The van der Waals surface area contributed by atoms with Crippen LogP contribution in [0.15, 0.2) is 12.3 Å². The van der Waals surface area contributed by atoms with Crippen molar-refractivity contribution >= 4 is 5.82 Å². The topological polar surface area (TPSA) is 111 Å². The summed E-state index contributed by atoms with van der Waals surface area (Å²) in [5, 5.41) is 15.7. The van der Waals surface area contributed by atoms with Gasteiger partial charge < -0.3 is 11.1 Å². The maximum atomic E-state index is 5.82. The standard InChI is InChI=1S/C16H27N9/c1-2-10-25-16(21-22-23-25)12-24(13-4-3-7-18-8-5-13)11-15-19-9-6-14(17)20-15/h6,9,13,18H,2-5,7-8,10-12H2,1H3,(H2,17,19,20). The molecule has 1 fully saturated rings. The molecule has 3 heterocycles. The van der Waals surface area contributed by atoms with Crippen molar-refractivity contribution in [2.75, 3.05) is 18.8 Å². The molecule has 0 saturated carbocycles. The Morgan fingerprint density at radius 1 is 1.32 bits per heavy atom. The zero-order chi connectivity index (χ0) is 17.5. The molecule has 1 saturated heterocycles. The smallest absolute Gasteiger partial charge is 0.165 e. The molecule has 0 spiro atoms. The number of tetrazole rings is 1. The molecule has 3 rings (SSSR count). The van der Waals surface area contributed by atoms with Crippen LogP contribution in [0, 0.1) is 0 Å². The molecule has 2 aromatic rings. The van der Waals surface area contributed by atoms with Gasteiger partial charge in [0.1, 0.15) is 11.6 Å². The van der Waals surface area contributed by atoms with Crippen LogP contribution in [-0.2, 0) is 19.6 Å². The van der Waals surface area contributed by atoms with Gasteiger partial charge in [-0.15, -0.1) is 5.10 Å². The van der Waals surface area contributed by atoms with E-state index in [1.807, 2.05) is 4.68 Å². The molecule has 136 valence electrons. The van der Waals surface area contributed by atoms with Gasteiger partial charge in [-0.3, -0.25) is 4.90 Å². The van der Waals surface area contributed by atoms with Crippen LogP contribution in [-0.4, -0.2) is 54.2 Å². The number of hydrogen-bond acceptors (Lipinski definition) is 8. The minimum absolute atomic E-state index is 0.451. The van der Waals surface area contributed by atoms with Gasteiger partial charge in [-0.25, -0.2) is 14.6 Å². The van der Waals surface area contributed by atoms with E-state index >= 15 is 0 Å².